The van der Waals surface area contributed by atoms with E-state index in [-0.39, 0.29) is 11.1 Å². The van der Waals surface area contributed by atoms with Gasteiger partial charge in [-0.25, -0.2) is 0 Å². The summed E-state index contributed by atoms with van der Waals surface area (Å²) >= 11 is 0. The molecule has 1 saturated heterocycles. The van der Waals surface area contributed by atoms with Crippen molar-refractivity contribution in [2.45, 2.75) is 64.6 Å². The van der Waals surface area contributed by atoms with E-state index in [1.807, 2.05) is 6.92 Å². The van der Waals surface area contributed by atoms with E-state index in [1.165, 1.54) is 12.8 Å². The van der Waals surface area contributed by atoms with Crippen LogP contribution in [0.2, 0.25) is 0 Å². The normalized spacial score (nSPS) is 24.6. The summed E-state index contributed by atoms with van der Waals surface area (Å²) in [7, 11) is 0. The lowest BCUT2D eigenvalue weighted by atomic mass is 9.79. The van der Waals surface area contributed by atoms with E-state index in [4.69, 9.17) is 4.74 Å². The maximum atomic E-state index is 5.35. The second-order valence-corrected chi connectivity index (χ2v) is 6.15. The minimum atomic E-state index is 0.227. The Morgan fingerprint density at radius 1 is 1.19 bits per heavy atom. The summed E-state index contributed by atoms with van der Waals surface area (Å²) < 4.78 is 5.35. The van der Waals surface area contributed by atoms with Crippen molar-refractivity contribution in [3.05, 3.63) is 0 Å². The Hall–Kier alpha value is -0.120. The first kappa shape index (κ1) is 13.9. The molecule has 96 valence electrons. The van der Waals surface area contributed by atoms with Crippen LogP contribution >= 0.6 is 0 Å². The Bertz CT molecular complexity index is 198. The summed E-state index contributed by atoms with van der Waals surface area (Å²) in [5.74, 6) is 0. The van der Waals surface area contributed by atoms with Crippen LogP contribution < -0.4 is 10.6 Å². The highest BCUT2D eigenvalue weighted by Crippen LogP contribution is 2.28. The lowest BCUT2D eigenvalue weighted by molar-refractivity contribution is 0.122. The van der Waals surface area contributed by atoms with Crippen LogP contribution in [0.4, 0.5) is 0 Å². The molecule has 0 spiro atoms. The molecular weight excluding hydrogens is 200 g/mol. The Morgan fingerprint density at radius 2 is 1.75 bits per heavy atom. The van der Waals surface area contributed by atoms with Crippen molar-refractivity contribution < 1.29 is 4.74 Å². The first-order valence-corrected chi connectivity index (χ1v) is 6.45. The third-order valence-electron chi connectivity index (χ3n) is 3.07. The van der Waals surface area contributed by atoms with E-state index in [0.29, 0.717) is 6.04 Å². The standard InChI is InChI=1S/C13H28N2O/c1-6-16-8-7-14-11-9-12(2,3)15-13(4,5)10-11/h11,14-15H,6-10H2,1-5H3. The Labute approximate surface area is 100 Å². The highest BCUT2D eigenvalue weighted by atomic mass is 16.5. The molecule has 0 atom stereocenters. The van der Waals surface area contributed by atoms with Crippen molar-refractivity contribution in [1.29, 1.82) is 0 Å². The van der Waals surface area contributed by atoms with Crippen molar-refractivity contribution >= 4 is 0 Å². The van der Waals surface area contributed by atoms with Gasteiger partial charge in [-0.15, -0.1) is 0 Å². The molecule has 0 aromatic rings. The molecule has 1 aliphatic heterocycles. The molecule has 0 aromatic heterocycles. The van der Waals surface area contributed by atoms with E-state index in [2.05, 4.69) is 38.3 Å². The zero-order valence-corrected chi connectivity index (χ0v) is 11.5. The fourth-order valence-electron chi connectivity index (χ4n) is 2.95. The first-order valence-electron chi connectivity index (χ1n) is 6.45. The molecule has 3 nitrogen and oxygen atoms in total. The van der Waals surface area contributed by atoms with Crippen molar-refractivity contribution in [3.63, 3.8) is 0 Å². The molecule has 0 aromatic carbocycles. The van der Waals surface area contributed by atoms with Crippen LogP contribution in [-0.4, -0.2) is 36.9 Å². The minimum Gasteiger partial charge on any atom is -0.380 e. The predicted octanol–water partition coefficient (Wildman–Crippen LogP) is 1.92. The monoisotopic (exact) mass is 228 g/mol. The Morgan fingerprint density at radius 3 is 2.25 bits per heavy atom. The highest BCUT2D eigenvalue weighted by Gasteiger charge is 2.37. The quantitative estimate of drug-likeness (QED) is 0.705. The van der Waals surface area contributed by atoms with Crippen molar-refractivity contribution in [2.24, 2.45) is 0 Å². The number of piperidine rings is 1. The van der Waals surface area contributed by atoms with Crippen LogP contribution in [-0.2, 0) is 4.74 Å². The van der Waals surface area contributed by atoms with Gasteiger partial charge in [0.05, 0.1) is 6.61 Å². The topological polar surface area (TPSA) is 33.3 Å². The fourth-order valence-corrected chi connectivity index (χ4v) is 2.95. The number of rotatable bonds is 5. The third kappa shape index (κ3) is 4.81. The van der Waals surface area contributed by atoms with Crippen LogP contribution in [0.25, 0.3) is 0 Å². The van der Waals surface area contributed by atoms with Gasteiger partial charge in [-0.2, -0.15) is 0 Å². The van der Waals surface area contributed by atoms with Gasteiger partial charge in [0.2, 0.25) is 0 Å². The van der Waals surface area contributed by atoms with Gasteiger partial charge in [-0.3, -0.25) is 0 Å². The van der Waals surface area contributed by atoms with Gasteiger partial charge in [0.15, 0.2) is 0 Å². The number of ether oxygens (including phenoxy) is 1. The average molecular weight is 228 g/mol. The third-order valence-corrected chi connectivity index (χ3v) is 3.07. The molecule has 0 amide bonds. The summed E-state index contributed by atoms with van der Waals surface area (Å²) in [4.78, 5) is 0. The predicted molar refractivity (Wildman–Crippen MR) is 68.8 cm³/mol. The van der Waals surface area contributed by atoms with E-state index in [9.17, 15) is 0 Å². The van der Waals surface area contributed by atoms with Crippen LogP contribution in [0.3, 0.4) is 0 Å². The first-order chi connectivity index (χ1) is 7.35. The van der Waals surface area contributed by atoms with Crippen LogP contribution in [0.1, 0.15) is 47.5 Å². The molecule has 1 aliphatic rings. The van der Waals surface area contributed by atoms with Gasteiger partial charge in [-0.1, -0.05) is 0 Å². The SMILES string of the molecule is CCOCCNC1CC(C)(C)NC(C)(C)C1. The lowest BCUT2D eigenvalue weighted by Gasteiger charge is -2.46. The maximum absolute atomic E-state index is 5.35. The zero-order valence-electron chi connectivity index (χ0n) is 11.5. The van der Waals surface area contributed by atoms with Gasteiger partial charge in [0.25, 0.3) is 0 Å². The highest BCUT2D eigenvalue weighted by molar-refractivity contribution is 4.99. The molecule has 0 aliphatic carbocycles. The molecule has 16 heavy (non-hydrogen) atoms. The van der Waals surface area contributed by atoms with E-state index in [0.717, 1.165) is 19.8 Å². The van der Waals surface area contributed by atoms with Gasteiger partial charge >= 0.3 is 0 Å². The van der Waals surface area contributed by atoms with Crippen molar-refractivity contribution in [2.75, 3.05) is 19.8 Å². The van der Waals surface area contributed by atoms with Crippen molar-refractivity contribution in [3.8, 4) is 0 Å². The molecular formula is C13H28N2O. The summed E-state index contributed by atoms with van der Waals surface area (Å²) in [6.07, 6.45) is 2.37. The second-order valence-electron chi connectivity index (χ2n) is 6.15. The van der Waals surface area contributed by atoms with Crippen LogP contribution in [0, 0.1) is 0 Å². The maximum Gasteiger partial charge on any atom is 0.0590 e. The van der Waals surface area contributed by atoms with Crippen molar-refractivity contribution in [1.82, 2.24) is 10.6 Å². The number of hydrogen-bond acceptors (Lipinski definition) is 3. The zero-order chi connectivity index (χ0) is 12.2. The summed E-state index contributed by atoms with van der Waals surface area (Å²) in [6.45, 7) is 13.8. The molecule has 0 unspecified atom stereocenters. The van der Waals surface area contributed by atoms with Crippen LogP contribution in [0.5, 0.6) is 0 Å². The largest absolute Gasteiger partial charge is 0.380 e. The van der Waals surface area contributed by atoms with E-state index in [1.54, 1.807) is 0 Å². The second kappa shape index (κ2) is 5.48. The summed E-state index contributed by atoms with van der Waals surface area (Å²) in [5.41, 5.74) is 0.454. The van der Waals surface area contributed by atoms with Gasteiger partial charge < -0.3 is 15.4 Å². The Balaban J connectivity index is 2.36. The molecule has 1 fully saturated rings. The fraction of sp³-hybridized carbons (Fsp3) is 1.00. The van der Waals surface area contributed by atoms with E-state index < -0.39 is 0 Å². The van der Waals surface area contributed by atoms with Crippen LogP contribution in [0.15, 0.2) is 0 Å². The summed E-state index contributed by atoms with van der Waals surface area (Å²) in [6, 6.07) is 0.603. The molecule has 3 heteroatoms. The number of hydrogen-bond donors (Lipinski definition) is 2. The van der Waals surface area contributed by atoms with E-state index >= 15 is 0 Å². The molecule has 0 radical (unpaired) electrons. The minimum absolute atomic E-state index is 0.227. The van der Waals surface area contributed by atoms with Gasteiger partial charge in [0.1, 0.15) is 0 Å². The molecule has 0 bridgehead atoms. The van der Waals surface area contributed by atoms with Gasteiger partial charge in [-0.05, 0) is 47.5 Å². The smallest absolute Gasteiger partial charge is 0.0590 e. The summed E-state index contributed by atoms with van der Waals surface area (Å²) in [5, 5.41) is 7.29. The average Bonchev–Trinajstić information content (AvgIpc) is 2.07. The molecule has 0 saturated carbocycles. The van der Waals surface area contributed by atoms with Gasteiger partial charge in [0, 0.05) is 30.3 Å². The number of nitrogens with one attached hydrogen (secondary N) is 2. The Kier molecular flexibility index (Phi) is 4.77. The molecule has 2 N–H and O–H groups in total. The molecule has 1 heterocycles. The lowest BCUT2D eigenvalue weighted by Crippen LogP contribution is -2.61. The molecule has 1 rings (SSSR count).